The fourth-order valence-corrected chi connectivity index (χ4v) is 1.82. The molecule has 6 heteroatoms. The number of hydrogen-bond donors (Lipinski definition) is 3. The van der Waals surface area contributed by atoms with E-state index in [4.69, 9.17) is 10.9 Å². The highest BCUT2D eigenvalue weighted by atomic mass is 19.1. The first-order chi connectivity index (χ1) is 9.70. The van der Waals surface area contributed by atoms with Gasteiger partial charge in [-0.15, -0.1) is 0 Å². The summed E-state index contributed by atoms with van der Waals surface area (Å²) in [6, 6.07) is 9.85. The average molecular weight is 274 g/mol. The molecule has 0 aliphatic heterocycles. The molecule has 0 aliphatic rings. The van der Waals surface area contributed by atoms with Crippen LogP contribution in [0.4, 0.5) is 4.39 Å². The number of aromatic nitrogens is 1. The Labute approximate surface area is 116 Å². The number of nitrogens with one attached hydrogen (secondary N) is 1. The van der Waals surface area contributed by atoms with E-state index in [1.54, 1.807) is 12.3 Å². The number of benzene rings is 1. The number of oxime groups is 1. The molecule has 1 heterocycles. The molecule has 5 nitrogen and oxygen atoms in total. The smallest absolute Gasteiger partial charge is 0.170 e. The van der Waals surface area contributed by atoms with E-state index in [1.807, 2.05) is 18.2 Å². The first-order valence-electron chi connectivity index (χ1n) is 6.07. The Morgan fingerprint density at radius 2 is 2.15 bits per heavy atom. The van der Waals surface area contributed by atoms with E-state index < -0.39 is 5.82 Å². The van der Waals surface area contributed by atoms with Gasteiger partial charge in [-0.05, 0) is 29.8 Å². The van der Waals surface area contributed by atoms with Gasteiger partial charge in [0.15, 0.2) is 5.84 Å². The van der Waals surface area contributed by atoms with Gasteiger partial charge in [-0.2, -0.15) is 0 Å². The van der Waals surface area contributed by atoms with Gasteiger partial charge in [0.05, 0.1) is 5.69 Å². The van der Waals surface area contributed by atoms with Crippen LogP contribution in [-0.2, 0) is 13.1 Å². The summed E-state index contributed by atoms with van der Waals surface area (Å²) in [4.78, 5) is 4.19. The standard InChI is InChI=1S/C14H15FN4O/c15-11-5-4-10(13(7-11)14(16)19-20)8-17-9-12-3-1-2-6-18-12/h1-7,17,20H,8-9H2,(H2,16,19). The molecule has 0 unspecified atom stereocenters. The minimum Gasteiger partial charge on any atom is -0.409 e. The number of halogens is 1. The van der Waals surface area contributed by atoms with Gasteiger partial charge in [0, 0.05) is 24.8 Å². The highest BCUT2D eigenvalue weighted by Gasteiger charge is 2.08. The summed E-state index contributed by atoms with van der Waals surface area (Å²) >= 11 is 0. The van der Waals surface area contributed by atoms with E-state index in [-0.39, 0.29) is 5.84 Å². The molecule has 0 fully saturated rings. The largest absolute Gasteiger partial charge is 0.409 e. The lowest BCUT2D eigenvalue weighted by Gasteiger charge is -2.09. The molecule has 104 valence electrons. The van der Waals surface area contributed by atoms with Gasteiger partial charge in [-0.3, -0.25) is 4.98 Å². The Morgan fingerprint density at radius 3 is 2.85 bits per heavy atom. The molecule has 2 aromatic rings. The van der Waals surface area contributed by atoms with Crippen molar-refractivity contribution in [1.82, 2.24) is 10.3 Å². The van der Waals surface area contributed by atoms with Crippen LogP contribution in [0.15, 0.2) is 47.8 Å². The summed E-state index contributed by atoms with van der Waals surface area (Å²) < 4.78 is 13.2. The molecule has 0 spiro atoms. The van der Waals surface area contributed by atoms with Crippen LogP contribution in [0.25, 0.3) is 0 Å². The summed E-state index contributed by atoms with van der Waals surface area (Å²) in [6.45, 7) is 1.04. The van der Waals surface area contributed by atoms with Crippen molar-refractivity contribution in [2.24, 2.45) is 10.9 Å². The van der Waals surface area contributed by atoms with Crippen LogP contribution < -0.4 is 11.1 Å². The third-order valence-electron chi connectivity index (χ3n) is 2.80. The van der Waals surface area contributed by atoms with Crippen molar-refractivity contribution in [3.63, 3.8) is 0 Å². The normalized spacial score (nSPS) is 11.6. The topological polar surface area (TPSA) is 83.5 Å². The van der Waals surface area contributed by atoms with Crippen molar-refractivity contribution in [2.75, 3.05) is 0 Å². The summed E-state index contributed by atoms with van der Waals surface area (Å²) in [5, 5.41) is 14.8. The fourth-order valence-electron chi connectivity index (χ4n) is 1.82. The van der Waals surface area contributed by atoms with Gasteiger partial charge in [-0.1, -0.05) is 17.3 Å². The van der Waals surface area contributed by atoms with Crippen LogP contribution in [-0.4, -0.2) is 16.0 Å². The van der Waals surface area contributed by atoms with E-state index in [9.17, 15) is 4.39 Å². The van der Waals surface area contributed by atoms with E-state index in [0.717, 1.165) is 11.3 Å². The predicted molar refractivity (Wildman–Crippen MR) is 73.7 cm³/mol. The Kier molecular flexibility index (Phi) is 4.62. The van der Waals surface area contributed by atoms with E-state index >= 15 is 0 Å². The van der Waals surface area contributed by atoms with Gasteiger partial charge in [0.1, 0.15) is 5.82 Å². The minimum absolute atomic E-state index is 0.112. The lowest BCUT2D eigenvalue weighted by atomic mass is 10.1. The van der Waals surface area contributed by atoms with Gasteiger partial charge < -0.3 is 16.3 Å². The maximum absolute atomic E-state index is 13.2. The molecule has 1 aromatic carbocycles. The molecule has 0 amide bonds. The van der Waals surface area contributed by atoms with Crippen LogP contribution in [0.5, 0.6) is 0 Å². The molecule has 2 rings (SSSR count). The zero-order valence-electron chi connectivity index (χ0n) is 10.8. The zero-order chi connectivity index (χ0) is 14.4. The molecule has 0 saturated heterocycles. The van der Waals surface area contributed by atoms with Crippen molar-refractivity contribution in [1.29, 1.82) is 0 Å². The third-order valence-corrected chi connectivity index (χ3v) is 2.80. The van der Waals surface area contributed by atoms with Crippen LogP contribution in [0.3, 0.4) is 0 Å². The first kappa shape index (κ1) is 14.0. The number of hydrogen-bond acceptors (Lipinski definition) is 4. The maximum Gasteiger partial charge on any atom is 0.170 e. The Morgan fingerprint density at radius 1 is 1.30 bits per heavy atom. The number of rotatable bonds is 5. The van der Waals surface area contributed by atoms with Gasteiger partial charge in [0.2, 0.25) is 0 Å². The fraction of sp³-hybridized carbons (Fsp3) is 0.143. The van der Waals surface area contributed by atoms with Crippen molar-refractivity contribution in [2.45, 2.75) is 13.1 Å². The second-order valence-corrected chi connectivity index (χ2v) is 4.21. The summed E-state index contributed by atoms with van der Waals surface area (Å²) in [7, 11) is 0. The van der Waals surface area contributed by atoms with Crippen LogP contribution >= 0.6 is 0 Å². The van der Waals surface area contributed by atoms with E-state index in [1.165, 1.54) is 12.1 Å². The highest BCUT2D eigenvalue weighted by molar-refractivity contribution is 5.98. The molecule has 0 bridgehead atoms. The molecular weight excluding hydrogens is 259 g/mol. The number of nitrogens with zero attached hydrogens (tertiary/aromatic N) is 2. The minimum atomic E-state index is -0.430. The average Bonchev–Trinajstić information content (AvgIpc) is 2.49. The van der Waals surface area contributed by atoms with Crippen molar-refractivity contribution >= 4 is 5.84 Å². The van der Waals surface area contributed by atoms with Gasteiger partial charge in [-0.25, -0.2) is 4.39 Å². The summed E-state index contributed by atoms with van der Waals surface area (Å²) in [5.41, 5.74) is 7.57. The quantitative estimate of drug-likeness (QED) is 0.335. The molecule has 1 aromatic heterocycles. The number of amidine groups is 1. The maximum atomic E-state index is 13.2. The molecule has 0 saturated carbocycles. The van der Waals surface area contributed by atoms with Crippen molar-refractivity contribution in [3.8, 4) is 0 Å². The third kappa shape index (κ3) is 3.52. The summed E-state index contributed by atoms with van der Waals surface area (Å²) in [6.07, 6.45) is 1.72. The van der Waals surface area contributed by atoms with E-state index in [2.05, 4.69) is 15.5 Å². The monoisotopic (exact) mass is 274 g/mol. The zero-order valence-corrected chi connectivity index (χ0v) is 10.8. The predicted octanol–water partition coefficient (Wildman–Crippen LogP) is 1.61. The van der Waals surface area contributed by atoms with Crippen LogP contribution in [0.2, 0.25) is 0 Å². The SMILES string of the molecule is NC(=NO)c1cc(F)ccc1CNCc1ccccn1. The Balaban J connectivity index is 2.06. The molecule has 0 aliphatic carbocycles. The molecule has 0 radical (unpaired) electrons. The van der Waals surface area contributed by atoms with E-state index in [0.29, 0.717) is 18.7 Å². The number of pyridine rings is 1. The van der Waals surface area contributed by atoms with Gasteiger partial charge >= 0.3 is 0 Å². The molecule has 20 heavy (non-hydrogen) atoms. The number of nitrogens with two attached hydrogens (primary N) is 1. The molecule has 4 N–H and O–H groups in total. The highest BCUT2D eigenvalue weighted by Crippen LogP contribution is 2.11. The summed E-state index contributed by atoms with van der Waals surface area (Å²) in [5.74, 6) is -0.542. The van der Waals surface area contributed by atoms with Crippen LogP contribution in [0, 0.1) is 5.82 Å². The van der Waals surface area contributed by atoms with Crippen LogP contribution in [0.1, 0.15) is 16.8 Å². The lowest BCUT2D eigenvalue weighted by molar-refractivity contribution is 0.318. The molecular formula is C14H15FN4O. The molecule has 0 atom stereocenters. The second kappa shape index (κ2) is 6.63. The van der Waals surface area contributed by atoms with Gasteiger partial charge in [0.25, 0.3) is 0 Å². The Bertz CT molecular complexity index is 601. The second-order valence-electron chi connectivity index (χ2n) is 4.21. The van der Waals surface area contributed by atoms with Crippen molar-refractivity contribution in [3.05, 3.63) is 65.2 Å². The lowest BCUT2D eigenvalue weighted by Crippen LogP contribution is -2.20. The van der Waals surface area contributed by atoms with Crippen molar-refractivity contribution < 1.29 is 9.60 Å². The first-order valence-corrected chi connectivity index (χ1v) is 6.07. The Hall–Kier alpha value is -2.47.